The summed E-state index contributed by atoms with van der Waals surface area (Å²) in [4.78, 5) is 0. The van der Waals surface area contributed by atoms with Crippen molar-refractivity contribution in [3.05, 3.63) is 99.8 Å². The van der Waals surface area contributed by atoms with E-state index in [2.05, 4.69) is 66.3 Å². The topological polar surface area (TPSA) is 36.8 Å². The minimum absolute atomic E-state index is 0. The first-order chi connectivity index (χ1) is 12.7. The summed E-state index contributed by atoms with van der Waals surface area (Å²) < 4.78 is 0. The second-order valence-electron chi connectivity index (χ2n) is 6.69. The van der Waals surface area contributed by atoms with Crippen LogP contribution in [0.3, 0.4) is 0 Å². The predicted molar refractivity (Wildman–Crippen MR) is 110 cm³/mol. The van der Waals surface area contributed by atoms with E-state index in [1.807, 2.05) is 30.3 Å². The van der Waals surface area contributed by atoms with E-state index in [1.54, 1.807) is 11.3 Å². The molecule has 0 fully saturated rings. The lowest BCUT2D eigenvalue weighted by Crippen LogP contribution is -3.00. The van der Waals surface area contributed by atoms with Gasteiger partial charge in [0.1, 0.15) is 12.1 Å². The zero-order valence-electron chi connectivity index (χ0n) is 15.7. The molecule has 0 aliphatic carbocycles. The number of thiophene rings is 1. The molecule has 3 aromatic rings. The maximum atomic E-state index is 10.6. The van der Waals surface area contributed by atoms with Gasteiger partial charge in [0, 0.05) is 0 Å². The van der Waals surface area contributed by atoms with Crippen molar-refractivity contribution in [2.75, 3.05) is 6.54 Å². The second kappa shape index (κ2) is 10.4. The number of hydrogen-bond donors (Lipinski definition) is 2. The third kappa shape index (κ3) is 5.53. The van der Waals surface area contributed by atoms with Crippen molar-refractivity contribution >= 4 is 16.9 Å². The smallest absolute Gasteiger partial charge is 0.130 e. The van der Waals surface area contributed by atoms with E-state index in [-0.39, 0.29) is 18.4 Å². The van der Waals surface area contributed by atoms with E-state index in [0.29, 0.717) is 0 Å². The monoisotopic (exact) mass is 399 g/mol. The van der Waals surface area contributed by atoms with Gasteiger partial charge in [0.05, 0.1) is 6.54 Å². The Morgan fingerprint density at radius 2 is 1.59 bits per heavy atom. The molecule has 142 valence electrons. The Kier molecular flexibility index (Phi) is 8.26. The average Bonchev–Trinajstić information content (AvgIpc) is 3.21. The quantitative estimate of drug-likeness (QED) is 0.616. The minimum Gasteiger partial charge on any atom is -1.00 e. The molecular weight excluding hydrogens is 374 g/mol. The first kappa shape index (κ1) is 21.4. The molecule has 2 atom stereocenters. The van der Waals surface area contributed by atoms with Gasteiger partial charge >= 0.3 is 0 Å². The number of rotatable bonds is 7. The van der Waals surface area contributed by atoms with Crippen LogP contribution in [0.15, 0.2) is 83.1 Å². The van der Waals surface area contributed by atoms with Crippen molar-refractivity contribution in [1.29, 1.82) is 0 Å². The average molecular weight is 400 g/mol. The van der Waals surface area contributed by atoms with Crippen molar-refractivity contribution in [3.63, 3.8) is 0 Å². The van der Waals surface area contributed by atoms with Crippen molar-refractivity contribution in [2.45, 2.75) is 26.0 Å². The van der Waals surface area contributed by atoms with E-state index in [0.717, 1.165) is 12.1 Å². The van der Waals surface area contributed by atoms with Crippen LogP contribution in [0.25, 0.3) is 5.57 Å². The van der Waals surface area contributed by atoms with Crippen LogP contribution in [0.4, 0.5) is 0 Å². The molecule has 0 aliphatic heterocycles. The Morgan fingerprint density at radius 3 is 2.19 bits per heavy atom. The van der Waals surface area contributed by atoms with Crippen LogP contribution in [-0.4, -0.2) is 17.7 Å². The number of benzene rings is 2. The Hall–Kier alpha value is -1.91. The normalized spacial score (nSPS) is 14.0. The molecule has 2 aromatic carbocycles. The zero-order valence-corrected chi connectivity index (χ0v) is 17.3. The molecule has 3 rings (SSSR count). The van der Waals surface area contributed by atoms with Gasteiger partial charge in [-0.15, -0.1) is 0 Å². The summed E-state index contributed by atoms with van der Waals surface area (Å²) in [6, 6.07) is 22.7. The molecule has 3 N–H and O–H groups in total. The molecule has 0 saturated heterocycles. The van der Waals surface area contributed by atoms with Gasteiger partial charge in [-0.1, -0.05) is 60.7 Å². The van der Waals surface area contributed by atoms with Crippen molar-refractivity contribution in [2.24, 2.45) is 0 Å². The van der Waals surface area contributed by atoms with Crippen LogP contribution in [0.2, 0.25) is 0 Å². The second-order valence-corrected chi connectivity index (χ2v) is 7.47. The Labute approximate surface area is 172 Å². The maximum Gasteiger partial charge on any atom is 0.130 e. The highest BCUT2D eigenvalue weighted by atomic mass is 35.5. The highest BCUT2D eigenvalue weighted by molar-refractivity contribution is 7.08. The summed E-state index contributed by atoms with van der Waals surface area (Å²) in [6.45, 7) is 5.13. The van der Waals surface area contributed by atoms with Crippen LogP contribution < -0.4 is 17.7 Å². The lowest BCUT2D eigenvalue weighted by Gasteiger charge is -2.19. The van der Waals surface area contributed by atoms with Crippen molar-refractivity contribution in [1.82, 2.24) is 0 Å². The largest absolute Gasteiger partial charge is 1.00 e. The SMILES string of the molecule is C/C(C[NH2+]C(C)C(O)c1ccccc1)=C(/c1ccccc1)c1ccsc1.[Cl-]. The molecule has 1 heterocycles. The van der Waals surface area contributed by atoms with E-state index < -0.39 is 6.10 Å². The summed E-state index contributed by atoms with van der Waals surface area (Å²) in [6.07, 6.45) is -0.467. The van der Waals surface area contributed by atoms with Gasteiger partial charge < -0.3 is 22.8 Å². The van der Waals surface area contributed by atoms with Crippen LogP contribution >= 0.6 is 11.3 Å². The van der Waals surface area contributed by atoms with Crippen LogP contribution in [-0.2, 0) is 0 Å². The molecule has 0 radical (unpaired) electrons. The number of nitrogens with two attached hydrogens (primary N) is 1. The Bertz CT molecular complexity index is 831. The molecule has 0 saturated carbocycles. The lowest BCUT2D eigenvalue weighted by atomic mass is 9.95. The first-order valence-electron chi connectivity index (χ1n) is 9.01. The standard InChI is InChI=1S/C23H25NOS.ClH/c1-17(15-24-18(2)23(25)20-11-7-4-8-12-20)22(21-13-14-26-16-21)19-9-5-3-6-10-19;/h3-14,16,18,23-25H,15H2,1-2H3;1H/b22-17+;. The third-order valence-electron chi connectivity index (χ3n) is 4.73. The Balaban J connectivity index is 0.00000261. The van der Waals surface area contributed by atoms with Crippen molar-refractivity contribution in [3.8, 4) is 0 Å². The summed E-state index contributed by atoms with van der Waals surface area (Å²) >= 11 is 1.72. The van der Waals surface area contributed by atoms with Gasteiger partial charge in [-0.25, -0.2) is 0 Å². The molecule has 2 unspecified atom stereocenters. The fraction of sp³-hybridized carbons (Fsp3) is 0.217. The molecule has 1 aromatic heterocycles. The van der Waals surface area contributed by atoms with Crippen LogP contribution in [0.1, 0.15) is 36.6 Å². The lowest BCUT2D eigenvalue weighted by molar-refractivity contribution is -0.688. The highest BCUT2D eigenvalue weighted by Crippen LogP contribution is 2.28. The predicted octanol–water partition coefficient (Wildman–Crippen LogP) is 1.26. The number of aliphatic hydroxyl groups excluding tert-OH is 1. The number of aliphatic hydroxyl groups is 1. The molecule has 2 nitrogen and oxygen atoms in total. The summed E-state index contributed by atoms with van der Waals surface area (Å²) in [5.74, 6) is 0. The van der Waals surface area contributed by atoms with Crippen molar-refractivity contribution < 1.29 is 22.8 Å². The van der Waals surface area contributed by atoms with E-state index in [1.165, 1.54) is 22.3 Å². The molecular formula is C23H26ClNOS. The molecule has 27 heavy (non-hydrogen) atoms. The molecule has 0 amide bonds. The summed E-state index contributed by atoms with van der Waals surface area (Å²) in [7, 11) is 0. The van der Waals surface area contributed by atoms with Gasteiger partial charge in [-0.05, 0) is 58.5 Å². The fourth-order valence-corrected chi connectivity index (χ4v) is 3.87. The van der Waals surface area contributed by atoms with E-state index >= 15 is 0 Å². The fourth-order valence-electron chi connectivity index (χ4n) is 3.22. The molecule has 0 aliphatic rings. The molecule has 0 bridgehead atoms. The van der Waals surface area contributed by atoms with Crippen LogP contribution in [0, 0.1) is 0 Å². The molecule has 4 heteroatoms. The molecule has 0 spiro atoms. The van der Waals surface area contributed by atoms with E-state index in [4.69, 9.17) is 0 Å². The van der Waals surface area contributed by atoms with Gasteiger partial charge in [0.2, 0.25) is 0 Å². The maximum absolute atomic E-state index is 10.6. The number of hydrogen-bond acceptors (Lipinski definition) is 2. The summed E-state index contributed by atoms with van der Waals surface area (Å²) in [5.41, 5.74) is 6.10. The van der Waals surface area contributed by atoms with Gasteiger partial charge in [0.15, 0.2) is 0 Å². The van der Waals surface area contributed by atoms with Crippen LogP contribution in [0.5, 0.6) is 0 Å². The first-order valence-corrected chi connectivity index (χ1v) is 9.95. The van der Waals surface area contributed by atoms with Gasteiger partial charge in [0.25, 0.3) is 0 Å². The highest BCUT2D eigenvalue weighted by Gasteiger charge is 2.19. The van der Waals surface area contributed by atoms with Gasteiger partial charge in [-0.3, -0.25) is 0 Å². The number of halogens is 1. The minimum atomic E-state index is -0.467. The van der Waals surface area contributed by atoms with E-state index in [9.17, 15) is 5.11 Å². The zero-order chi connectivity index (χ0) is 18.4. The third-order valence-corrected chi connectivity index (χ3v) is 5.42. The van der Waals surface area contributed by atoms with Gasteiger partial charge in [-0.2, -0.15) is 11.3 Å². The Morgan fingerprint density at radius 1 is 0.963 bits per heavy atom. The summed E-state index contributed by atoms with van der Waals surface area (Å²) in [5, 5.41) is 17.1. The number of quaternary nitrogens is 1.